The highest BCUT2D eigenvalue weighted by molar-refractivity contribution is 7.99. The molecular weight excluding hydrogens is 368 g/mol. The van der Waals surface area contributed by atoms with Gasteiger partial charge in [-0.25, -0.2) is 4.98 Å². The Morgan fingerprint density at radius 1 is 1.27 bits per heavy atom. The van der Waals surface area contributed by atoms with Crippen LogP contribution in [-0.2, 0) is 17.3 Å². The quantitative estimate of drug-likeness (QED) is 0.675. The maximum atomic E-state index is 12.2. The van der Waals surface area contributed by atoms with E-state index in [0.717, 1.165) is 17.1 Å². The van der Waals surface area contributed by atoms with Crippen molar-refractivity contribution in [2.24, 2.45) is 7.05 Å². The standard InChI is InChI=1S/C17H20N6OS2/c1-17(2,3)12-9-25-15(19-12)20-13(24)10-26-16-22-21-14(23(16)4)11-5-7-18-8-6-11/h5-9H,10H2,1-4H3,(H,19,20,24). The number of anilines is 1. The lowest BCUT2D eigenvalue weighted by Crippen LogP contribution is -2.16. The number of hydrogen-bond acceptors (Lipinski definition) is 7. The third-order valence-electron chi connectivity index (χ3n) is 3.62. The largest absolute Gasteiger partial charge is 0.305 e. The molecule has 0 radical (unpaired) electrons. The lowest BCUT2D eigenvalue weighted by Gasteiger charge is -2.14. The minimum absolute atomic E-state index is 0.0315. The summed E-state index contributed by atoms with van der Waals surface area (Å²) in [6.07, 6.45) is 3.42. The number of hydrogen-bond donors (Lipinski definition) is 1. The molecule has 0 saturated carbocycles. The minimum Gasteiger partial charge on any atom is -0.305 e. The fourth-order valence-corrected chi connectivity index (χ4v) is 3.82. The molecule has 0 aromatic carbocycles. The van der Waals surface area contributed by atoms with E-state index in [1.54, 1.807) is 12.4 Å². The average Bonchev–Trinajstić information content (AvgIpc) is 3.20. The van der Waals surface area contributed by atoms with Crippen molar-refractivity contribution in [3.63, 3.8) is 0 Å². The summed E-state index contributed by atoms with van der Waals surface area (Å²) in [5, 5.41) is 14.5. The number of nitrogens with one attached hydrogen (secondary N) is 1. The van der Waals surface area contributed by atoms with Crippen LogP contribution in [0, 0.1) is 0 Å². The van der Waals surface area contributed by atoms with Gasteiger partial charge < -0.3 is 9.88 Å². The Hall–Kier alpha value is -2.26. The predicted molar refractivity (Wildman–Crippen MR) is 104 cm³/mol. The SMILES string of the molecule is Cn1c(SCC(=O)Nc2nc(C(C)(C)C)cs2)nnc1-c1ccncc1. The Bertz CT molecular complexity index is 898. The van der Waals surface area contributed by atoms with E-state index in [4.69, 9.17) is 0 Å². The van der Waals surface area contributed by atoms with Crippen molar-refractivity contribution in [2.45, 2.75) is 31.3 Å². The molecule has 26 heavy (non-hydrogen) atoms. The van der Waals surface area contributed by atoms with Gasteiger partial charge in [-0.15, -0.1) is 21.5 Å². The molecule has 9 heteroatoms. The average molecular weight is 389 g/mol. The monoisotopic (exact) mass is 388 g/mol. The number of amides is 1. The van der Waals surface area contributed by atoms with Gasteiger partial charge in [0, 0.05) is 35.8 Å². The van der Waals surface area contributed by atoms with Crippen molar-refractivity contribution in [3.05, 3.63) is 35.6 Å². The normalized spacial score (nSPS) is 11.5. The second kappa shape index (κ2) is 7.55. The van der Waals surface area contributed by atoms with E-state index in [1.165, 1.54) is 23.1 Å². The number of carbonyl (C=O) groups is 1. The first-order valence-corrected chi connectivity index (χ1v) is 9.89. The van der Waals surface area contributed by atoms with Gasteiger partial charge in [-0.3, -0.25) is 9.78 Å². The molecule has 0 aliphatic heterocycles. The molecule has 3 aromatic heterocycles. The van der Waals surface area contributed by atoms with Gasteiger partial charge in [0.05, 0.1) is 11.4 Å². The molecule has 0 aliphatic carbocycles. The summed E-state index contributed by atoms with van der Waals surface area (Å²) in [6.45, 7) is 6.29. The molecule has 7 nitrogen and oxygen atoms in total. The summed E-state index contributed by atoms with van der Waals surface area (Å²) < 4.78 is 1.87. The van der Waals surface area contributed by atoms with Crippen LogP contribution in [-0.4, -0.2) is 36.4 Å². The van der Waals surface area contributed by atoms with Crippen LogP contribution in [0.5, 0.6) is 0 Å². The number of carbonyl (C=O) groups excluding carboxylic acids is 1. The van der Waals surface area contributed by atoms with Crippen LogP contribution in [0.2, 0.25) is 0 Å². The number of pyridine rings is 1. The van der Waals surface area contributed by atoms with Gasteiger partial charge in [0.1, 0.15) is 0 Å². The summed E-state index contributed by atoms with van der Waals surface area (Å²) >= 11 is 2.78. The zero-order valence-corrected chi connectivity index (χ0v) is 16.7. The smallest absolute Gasteiger partial charge is 0.236 e. The predicted octanol–water partition coefficient (Wildman–Crippen LogP) is 3.36. The van der Waals surface area contributed by atoms with Crippen molar-refractivity contribution in [3.8, 4) is 11.4 Å². The van der Waals surface area contributed by atoms with E-state index in [1.807, 2.05) is 29.1 Å². The van der Waals surface area contributed by atoms with Crippen LogP contribution >= 0.6 is 23.1 Å². The maximum absolute atomic E-state index is 12.2. The first kappa shape index (κ1) is 18.5. The van der Waals surface area contributed by atoms with Gasteiger partial charge in [-0.2, -0.15) is 0 Å². The van der Waals surface area contributed by atoms with Crippen molar-refractivity contribution in [1.82, 2.24) is 24.7 Å². The molecule has 3 rings (SSSR count). The van der Waals surface area contributed by atoms with Crippen molar-refractivity contribution in [2.75, 3.05) is 11.1 Å². The van der Waals surface area contributed by atoms with Gasteiger partial charge in [-0.1, -0.05) is 32.5 Å². The topological polar surface area (TPSA) is 85.6 Å². The summed E-state index contributed by atoms with van der Waals surface area (Å²) in [6, 6.07) is 3.75. The van der Waals surface area contributed by atoms with Gasteiger partial charge in [0.15, 0.2) is 16.1 Å². The van der Waals surface area contributed by atoms with E-state index in [9.17, 15) is 4.79 Å². The highest BCUT2D eigenvalue weighted by atomic mass is 32.2. The van der Waals surface area contributed by atoms with Crippen LogP contribution in [0.4, 0.5) is 5.13 Å². The lowest BCUT2D eigenvalue weighted by atomic mass is 9.93. The maximum Gasteiger partial charge on any atom is 0.236 e. The minimum atomic E-state index is -0.113. The number of thiazole rings is 1. The van der Waals surface area contributed by atoms with Crippen LogP contribution in [0.15, 0.2) is 35.1 Å². The van der Waals surface area contributed by atoms with Gasteiger partial charge in [0.2, 0.25) is 5.91 Å². The number of aromatic nitrogens is 5. The van der Waals surface area contributed by atoms with E-state index in [-0.39, 0.29) is 17.1 Å². The molecule has 3 heterocycles. The zero-order valence-electron chi connectivity index (χ0n) is 15.1. The van der Waals surface area contributed by atoms with Crippen LogP contribution < -0.4 is 5.32 Å². The summed E-state index contributed by atoms with van der Waals surface area (Å²) in [5.74, 6) is 0.871. The Morgan fingerprint density at radius 2 is 2.00 bits per heavy atom. The van der Waals surface area contributed by atoms with Gasteiger partial charge in [0.25, 0.3) is 0 Å². The Kier molecular flexibility index (Phi) is 5.38. The van der Waals surface area contributed by atoms with Crippen molar-refractivity contribution < 1.29 is 4.79 Å². The molecular formula is C17H20N6OS2. The highest BCUT2D eigenvalue weighted by Crippen LogP contribution is 2.27. The molecule has 136 valence electrons. The van der Waals surface area contributed by atoms with Crippen LogP contribution in [0.25, 0.3) is 11.4 Å². The third-order valence-corrected chi connectivity index (χ3v) is 5.40. The molecule has 0 spiro atoms. The number of thioether (sulfide) groups is 1. The lowest BCUT2D eigenvalue weighted by molar-refractivity contribution is -0.113. The fourth-order valence-electron chi connectivity index (χ4n) is 2.15. The third kappa shape index (κ3) is 4.28. The van der Waals surface area contributed by atoms with Gasteiger partial charge in [-0.05, 0) is 12.1 Å². The van der Waals surface area contributed by atoms with Crippen molar-refractivity contribution >= 4 is 34.1 Å². The van der Waals surface area contributed by atoms with E-state index in [2.05, 4.69) is 46.3 Å². The van der Waals surface area contributed by atoms with Crippen molar-refractivity contribution in [1.29, 1.82) is 0 Å². The molecule has 1 N–H and O–H groups in total. The second-order valence-electron chi connectivity index (χ2n) is 6.73. The molecule has 0 saturated heterocycles. The van der Waals surface area contributed by atoms with E-state index < -0.39 is 0 Å². The Morgan fingerprint density at radius 3 is 2.65 bits per heavy atom. The first-order valence-electron chi connectivity index (χ1n) is 8.03. The molecule has 0 bridgehead atoms. The zero-order chi connectivity index (χ0) is 18.7. The summed E-state index contributed by atoms with van der Waals surface area (Å²) in [5.41, 5.74) is 1.88. The molecule has 0 atom stereocenters. The highest BCUT2D eigenvalue weighted by Gasteiger charge is 2.18. The summed E-state index contributed by atoms with van der Waals surface area (Å²) in [4.78, 5) is 20.7. The Balaban J connectivity index is 1.60. The molecule has 0 aliphatic rings. The fraction of sp³-hybridized carbons (Fsp3) is 0.353. The van der Waals surface area contributed by atoms with Crippen LogP contribution in [0.1, 0.15) is 26.5 Å². The van der Waals surface area contributed by atoms with E-state index in [0.29, 0.717) is 10.3 Å². The van der Waals surface area contributed by atoms with E-state index >= 15 is 0 Å². The molecule has 1 amide bonds. The molecule has 3 aromatic rings. The molecule has 0 fully saturated rings. The second-order valence-corrected chi connectivity index (χ2v) is 8.53. The Labute approximate surface area is 160 Å². The summed E-state index contributed by atoms with van der Waals surface area (Å²) in [7, 11) is 1.88. The van der Waals surface area contributed by atoms with Gasteiger partial charge >= 0.3 is 0 Å². The first-order chi connectivity index (χ1) is 12.3. The molecule has 0 unspecified atom stereocenters. The van der Waals surface area contributed by atoms with Crippen LogP contribution in [0.3, 0.4) is 0 Å². The number of nitrogens with zero attached hydrogens (tertiary/aromatic N) is 5. The number of rotatable bonds is 5.